The molecule has 0 saturated carbocycles. The van der Waals surface area contributed by atoms with E-state index in [9.17, 15) is 19.8 Å². The number of aryl methyl sites for hydroxylation is 2. The monoisotopic (exact) mass is 483 g/mol. The number of alkyl carbamates (subject to hydrolysis) is 1. The predicted octanol–water partition coefficient (Wildman–Crippen LogP) is 5.24. The van der Waals surface area contributed by atoms with Gasteiger partial charge in [-0.05, 0) is 64.0 Å². The van der Waals surface area contributed by atoms with Gasteiger partial charge in [-0.15, -0.1) is 0 Å². The molecule has 0 atom stereocenters. The second-order valence-electron chi connectivity index (χ2n) is 10.2. The van der Waals surface area contributed by atoms with Crippen LogP contribution in [0.2, 0.25) is 0 Å². The molecule has 0 aliphatic carbocycles. The van der Waals surface area contributed by atoms with Gasteiger partial charge in [0, 0.05) is 12.0 Å². The fourth-order valence-corrected chi connectivity index (χ4v) is 3.87. The first kappa shape index (κ1) is 28.5. The predicted molar refractivity (Wildman–Crippen MR) is 139 cm³/mol. The SMILES string of the molecule is CC(C)(C)OC(=O)NC(CO)(CO)CCc1ccc(C(=O)CCCCCCc2ccccc2)cc1. The molecule has 0 aliphatic rings. The summed E-state index contributed by atoms with van der Waals surface area (Å²) >= 11 is 0. The number of Topliss-reactive ketones (excluding diaryl/α,β-unsaturated/α-hetero) is 1. The van der Waals surface area contributed by atoms with Crippen LogP contribution in [-0.2, 0) is 17.6 Å². The lowest BCUT2D eigenvalue weighted by molar-refractivity contribution is 0.0276. The van der Waals surface area contributed by atoms with Crippen LogP contribution < -0.4 is 5.32 Å². The van der Waals surface area contributed by atoms with Crippen LogP contribution >= 0.6 is 0 Å². The molecule has 2 aromatic carbocycles. The molecule has 2 rings (SSSR count). The number of ether oxygens (including phenoxy) is 1. The van der Waals surface area contributed by atoms with Crippen LogP contribution in [0.4, 0.5) is 4.79 Å². The van der Waals surface area contributed by atoms with Crippen molar-refractivity contribution in [1.82, 2.24) is 5.32 Å². The molecule has 0 spiro atoms. The standard InChI is InChI=1S/C29H41NO5/c1-28(2,3)35-27(34)30-29(21-31,22-32)20-19-24-15-17-25(18-16-24)26(33)14-10-5-4-7-11-23-12-8-6-9-13-23/h6,8-9,12-13,15-18,31-32H,4-5,7,10-11,14,19-22H2,1-3H3,(H,30,34). The maximum atomic E-state index is 12.5. The topological polar surface area (TPSA) is 95.9 Å². The van der Waals surface area contributed by atoms with Crippen LogP contribution in [0.25, 0.3) is 0 Å². The van der Waals surface area contributed by atoms with Crippen molar-refractivity contribution >= 4 is 11.9 Å². The van der Waals surface area contributed by atoms with Crippen molar-refractivity contribution in [3.05, 3.63) is 71.3 Å². The molecular formula is C29H41NO5. The average Bonchev–Trinajstić information content (AvgIpc) is 2.83. The summed E-state index contributed by atoms with van der Waals surface area (Å²) in [5, 5.41) is 22.3. The van der Waals surface area contributed by atoms with Gasteiger partial charge < -0.3 is 20.3 Å². The van der Waals surface area contributed by atoms with E-state index in [0.717, 1.165) is 37.7 Å². The third-order valence-corrected chi connectivity index (χ3v) is 6.00. The number of aliphatic hydroxyl groups is 2. The Hall–Kier alpha value is -2.70. The summed E-state index contributed by atoms with van der Waals surface area (Å²) in [6, 6.07) is 17.9. The van der Waals surface area contributed by atoms with E-state index < -0.39 is 30.4 Å². The first-order chi connectivity index (χ1) is 16.7. The molecule has 6 nitrogen and oxygen atoms in total. The van der Waals surface area contributed by atoms with E-state index in [0.29, 0.717) is 24.8 Å². The minimum Gasteiger partial charge on any atom is -0.444 e. The minimum absolute atomic E-state index is 0.145. The van der Waals surface area contributed by atoms with Crippen molar-refractivity contribution in [3.8, 4) is 0 Å². The Balaban J connectivity index is 1.75. The summed E-state index contributed by atoms with van der Waals surface area (Å²) in [4.78, 5) is 24.7. The summed E-state index contributed by atoms with van der Waals surface area (Å²) in [7, 11) is 0. The highest BCUT2D eigenvalue weighted by Gasteiger charge is 2.32. The normalized spacial score (nSPS) is 11.8. The molecule has 0 fully saturated rings. The Kier molecular flexibility index (Phi) is 11.4. The maximum absolute atomic E-state index is 12.5. The molecule has 0 saturated heterocycles. The number of aliphatic hydroxyl groups excluding tert-OH is 2. The second-order valence-corrected chi connectivity index (χ2v) is 10.2. The quantitative estimate of drug-likeness (QED) is 0.252. The largest absolute Gasteiger partial charge is 0.444 e. The number of benzene rings is 2. The van der Waals surface area contributed by atoms with Gasteiger partial charge in [0.2, 0.25) is 0 Å². The van der Waals surface area contributed by atoms with Crippen LogP contribution in [0.15, 0.2) is 54.6 Å². The molecule has 3 N–H and O–H groups in total. The minimum atomic E-state index is -1.18. The van der Waals surface area contributed by atoms with Crippen LogP contribution in [0.5, 0.6) is 0 Å². The number of carbonyl (C=O) groups is 2. The lowest BCUT2D eigenvalue weighted by Gasteiger charge is -2.32. The van der Waals surface area contributed by atoms with Crippen LogP contribution in [-0.4, -0.2) is 46.4 Å². The first-order valence-electron chi connectivity index (χ1n) is 12.6. The molecule has 0 aromatic heterocycles. The number of unbranched alkanes of at least 4 members (excludes halogenated alkanes) is 3. The smallest absolute Gasteiger partial charge is 0.408 e. The molecule has 2 aromatic rings. The number of hydrogen-bond donors (Lipinski definition) is 3. The van der Waals surface area contributed by atoms with Crippen LogP contribution in [0, 0.1) is 0 Å². The molecular weight excluding hydrogens is 442 g/mol. The molecule has 35 heavy (non-hydrogen) atoms. The Morgan fingerprint density at radius 2 is 1.40 bits per heavy atom. The van der Waals surface area contributed by atoms with E-state index in [1.807, 2.05) is 30.3 Å². The third kappa shape index (κ3) is 10.6. The number of nitrogens with one attached hydrogen (secondary N) is 1. The van der Waals surface area contributed by atoms with Gasteiger partial charge in [-0.25, -0.2) is 4.79 Å². The van der Waals surface area contributed by atoms with Gasteiger partial charge >= 0.3 is 6.09 Å². The molecule has 0 unspecified atom stereocenters. The summed E-state index contributed by atoms with van der Waals surface area (Å²) in [6.07, 6.45) is 5.99. The van der Waals surface area contributed by atoms with E-state index >= 15 is 0 Å². The first-order valence-corrected chi connectivity index (χ1v) is 12.6. The Labute approximate surface area is 209 Å². The average molecular weight is 484 g/mol. The van der Waals surface area contributed by atoms with Gasteiger partial charge in [-0.3, -0.25) is 4.79 Å². The molecule has 0 bridgehead atoms. The van der Waals surface area contributed by atoms with E-state index in [4.69, 9.17) is 4.74 Å². The van der Waals surface area contributed by atoms with E-state index in [1.54, 1.807) is 20.8 Å². The number of carbonyl (C=O) groups excluding carboxylic acids is 2. The molecule has 0 heterocycles. The zero-order valence-electron chi connectivity index (χ0n) is 21.4. The van der Waals surface area contributed by atoms with Crippen LogP contribution in [0.1, 0.15) is 80.8 Å². The number of amides is 1. The van der Waals surface area contributed by atoms with Crippen molar-refractivity contribution in [3.63, 3.8) is 0 Å². The van der Waals surface area contributed by atoms with E-state index in [1.165, 1.54) is 5.56 Å². The number of ketones is 1. The van der Waals surface area contributed by atoms with E-state index in [-0.39, 0.29) is 5.78 Å². The number of rotatable bonds is 14. The summed E-state index contributed by atoms with van der Waals surface area (Å²) in [6.45, 7) is 4.43. The van der Waals surface area contributed by atoms with Crippen molar-refractivity contribution in [2.75, 3.05) is 13.2 Å². The highest BCUT2D eigenvalue weighted by Crippen LogP contribution is 2.18. The van der Waals surface area contributed by atoms with Crippen molar-refractivity contribution in [1.29, 1.82) is 0 Å². The van der Waals surface area contributed by atoms with Crippen molar-refractivity contribution in [2.24, 2.45) is 0 Å². The Bertz CT molecular complexity index is 899. The zero-order chi connectivity index (χ0) is 25.7. The van der Waals surface area contributed by atoms with Gasteiger partial charge in [-0.1, -0.05) is 67.4 Å². The maximum Gasteiger partial charge on any atom is 0.408 e. The highest BCUT2D eigenvalue weighted by atomic mass is 16.6. The van der Waals surface area contributed by atoms with Gasteiger partial charge in [0.05, 0.1) is 18.8 Å². The van der Waals surface area contributed by atoms with Crippen LogP contribution in [0.3, 0.4) is 0 Å². The molecule has 0 aliphatic heterocycles. The fourth-order valence-electron chi connectivity index (χ4n) is 3.87. The summed E-state index contributed by atoms with van der Waals surface area (Å²) in [5.41, 5.74) is 1.16. The van der Waals surface area contributed by atoms with Gasteiger partial charge in [0.25, 0.3) is 0 Å². The Morgan fingerprint density at radius 1 is 0.800 bits per heavy atom. The number of hydrogen-bond acceptors (Lipinski definition) is 5. The second kappa shape index (κ2) is 14.0. The molecule has 192 valence electrons. The van der Waals surface area contributed by atoms with Gasteiger partial charge in [0.1, 0.15) is 5.60 Å². The summed E-state index contributed by atoms with van der Waals surface area (Å²) in [5.74, 6) is 0.145. The Morgan fingerprint density at radius 3 is 2.00 bits per heavy atom. The molecule has 6 heteroatoms. The summed E-state index contributed by atoms with van der Waals surface area (Å²) < 4.78 is 5.26. The van der Waals surface area contributed by atoms with Crippen molar-refractivity contribution < 1.29 is 24.5 Å². The fraction of sp³-hybridized carbons (Fsp3) is 0.517. The molecule has 0 radical (unpaired) electrons. The lowest BCUT2D eigenvalue weighted by Crippen LogP contribution is -2.55. The lowest BCUT2D eigenvalue weighted by atomic mass is 9.92. The van der Waals surface area contributed by atoms with E-state index in [2.05, 4.69) is 29.6 Å². The van der Waals surface area contributed by atoms with Gasteiger partial charge in [0.15, 0.2) is 5.78 Å². The third-order valence-electron chi connectivity index (χ3n) is 6.00. The zero-order valence-corrected chi connectivity index (χ0v) is 21.4. The van der Waals surface area contributed by atoms with Crippen molar-refractivity contribution in [2.45, 2.75) is 83.3 Å². The molecule has 1 amide bonds. The highest BCUT2D eigenvalue weighted by molar-refractivity contribution is 5.96. The van der Waals surface area contributed by atoms with Gasteiger partial charge in [-0.2, -0.15) is 0 Å².